The zero-order valence-corrected chi connectivity index (χ0v) is 13.9. The summed E-state index contributed by atoms with van der Waals surface area (Å²) in [5.41, 5.74) is 1.09. The van der Waals surface area contributed by atoms with Crippen molar-refractivity contribution in [3.63, 3.8) is 0 Å². The van der Waals surface area contributed by atoms with Gasteiger partial charge in [0.2, 0.25) is 5.91 Å². The number of carbonyl (C=O) groups excluding carboxylic acids is 1. The third-order valence-corrected chi connectivity index (χ3v) is 5.68. The van der Waals surface area contributed by atoms with E-state index in [1.807, 2.05) is 11.0 Å². The van der Waals surface area contributed by atoms with E-state index in [0.29, 0.717) is 6.61 Å². The van der Waals surface area contributed by atoms with Gasteiger partial charge in [0.1, 0.15) is 5.01 Å². The molecule has 0 saturated carbocycles. The number of hydrogen-bond acceptors (Lipinski definition) is 5. The number of fused-ring (bicyclic) bond motifs is 1. The van der Waals surface area contributed by atoms with Crippen LogP contribution >= 0.6 is 11.3 Å². The molecule has 0 unspecified atom stereocenters. The van der Waals surface area contributed by atoms with Crippen LogP contribution in [-0.2, 0) is 16.1 Å². The summed E-state index contributed by atoms with van der Waals surface area (Å²) in [5.74, 6) is 0.368. The highest BCUT2D eigenvalue weighted by Crippen LogP contribution is 2.23. The molecule has 122 valence electrons. The Labute approximate surface area is 139 Å². The Balaban J connectivity index is 1.33. The van der Waals surface area contributed by atoms with Crippen molar-refractivity contribution in [1.29, 1.82) is 0 Å². The second-order valence-corrected chi connectivity index (χ2v) is 7.35. The molecule has 0 aliphatic carbocycles. The van der Waals surface area contributed by atoms with Gasteiger partial charge in [0.05, 0.1) is 29.3 Å². The highest BCUT2D eigenvalue weighted by atomic mass is 32.1. The smallest absolute Gasteiger partial charge is 0.228 e. The van der Waals surface area contributed by atoms with Crippen molar-refractivity contribution in [3.05, 3.63) is 29.3 Å². The largest absolute Gasteiger partial charge is 0.381 e. The quantitative estimate of drug-likeness (QED) is 0.863. The molecule has 2 saturated heterocycles. The number of aromatic nitrogens is 1. The summed E-state index contributed by atoms with van der Waals surface area (Å²) >= 11 is 1.77. The van der Waals surface area contributed by atoms with E-state index in [1.165, 1.54) is 4.70 Å². The molecule has 5 nitrogen and oxygen atoms in total. The van der Waals surface area contributed by atoms with Crippen molar-refractivity contribution in [2.45, 2.75) is 13.0 Å². The standard InChI is InChI=1S/C17H21N3O2S/c21-17(13-5-10-22-12-13)20-8-6-19(7-9-20)11-16-18-14-3-1-2-4-15(14)23-16/h1-4,13H,5-12H2/t13-/m0/s1. The molecule has 0 spiro atoms. The van der Waals surface area contributed by atoms with E-state index in [9.17, 15) is 4.79 Å². The first kappa shape index (κ1) is 15.1. The average Bonchev–Trinajstić information content (AvgIpc) is 3.24. The lowest BCUT2D eigenvalue weighted by Crippen LogP contribution is -2.50. The second kappa shape index (κ2) is 6.55. The lowest BCUT2D eigenvalue weighted by atomic mass is 10.1. The molecule has 6 heteroatoms. The number of rotatable bonds is 3. The number of piperazine rings is 1. The highest BCUT2D eigenvalue weighted by molar-refractivity contribution is 7.18. The van der Waals surface area contributed by atoms with Crippen LogP contribution < -0.4 is 0 Å². The van der Waals surface area contributed by atoms with E-state index in [1.54, 1.807) is 11.3 Å². The third kappa shape index (κ3) is 3.24. The number of amides is 1. The topological polar surface area (TPSA) is 45.7 Å². The highest BCUT2D eigenvalue weighted by Gasteiger charge is 2.30. The van der Waals surface area contributed by atoms with Gasteiger partial charge < -0.3 is 9.64 Å². The predicted octanol–water partition coefficient (Wildman–Crippen LogP) is 1.98. The maximum absolute atomic E-state index is 12.4. The number of ether oxygens (including phenoxy) is 1. The van der Waals surface area contributed by atoms with Crippen molar-refractivity contribution < 1.29 is 9.53 Å². The van der Waals surface area contributed by atoms with Crippen LogP contribution in [-0.4, -0.2) is 60.1 Å². The van der Waals surface area contributed by atoms with Gasteiger partial charge in [-0.2, -0.15) is 0 Å². The van der Waals surface area contributed by atoms with Crippen LogP contribution in [0.2, 0.25) is 0 Å². The molecule has 0 N–H and O–H groups in total. The lowest BCUT2D eigenvalue weighted by Gasteiger charge is -2.35. The summed E-state index contributed by atoms with van der Waals surface area (Å²) in [6.07, 6.45) is 0.880. The zero-order chi connectivity index (χ0) is 15.6. The number of benzene rings is 1. The molecule has 2 fully saturated rings. The number of para-hydroxylation sites is 1. The summed E-state index contributed by atoms with van der Waals surface area (Å²) in [4.78, 5) is 21.5. The molecule has 0 bridgehead atoms. The van der Waals surface area contributed by atoms with Crippen LogP contribution in [0.3, 0.4) is 0 Å². The first-order valence-electron chi connectivity index (χ1n) is 8.23. The SMILES string of the molecule is O=C([C@H]1CCOC1)N1CCN(Cc2nc3ccccc3s2)CC1. The van der Waals surface area contributed by atoms with Gasteiger partial charge in [-0.1, -0.05) is 12.1 Å². The van der Waals surface area contributed by atoms with Gasteiger partial charge in [0.25, 0.3) is 0 Å². The molecule has 1 amide bonds. The fraction of sp³-hybridized carbons (Fsp3) is 0.529. The minimum absolute atomic E-state index is 0.0887. The molecule has 4 rings (SSSR count). The Bertz CT molecular complexity index is 655. The number of carbonyl (C=O) groups is 1. The molecule has 1 atom stereocenters. The summed E-state index contributed by atoms with van der Waals surface area (Å²) in [5, 5.41) is 1.16. The summed E-state index contributed by atoms with van der Waals surface area (Å²) in [7, 11) is 0. The van der Waals surface area contributed by atoms with E-state index in [-0.39, 0.29) is 11.8 Å². The molecule has 2 aliphatic heterocycles. The Hall–Kier alpha value is -1.50. The van der Waals surface area contributed by atoms with Crippen molar-refractivity contribution in [2.75, 3.05) is 39.4 Å². The number of nitrogens with zero attached hydrogens (tertiary/aromatic N) is 3. The van der Waals surface area contributed by atoms with Crippen molar-refractivity contribution in [3.8, 4) is 0 Å². The maximum Gasteiger partial charge on any atom is 0.228 e. The van der Waals surface area contributed by atoms with Gasteiger partial charge in [-0.05, 0) is 18.6 Å². The van der Waals surface area contributed by atoms with Gasteiger partial charge in [0, 0.05) is 32.8 Å². The molecular formula is C17H21N3O2S. The first-order chi connectivity index (χ1) is 11.3. The molecule has 23 heavy (non-hydrogen) atoms. The van der Waals surface area contributed by atoms with E-state index >= 15 is 0 Å². The van der Waals surface area contributed by atoms with Crippen molar-refractivity contribution in [1.82, 2.24) is 14.8 Å². The summed E-state index contributed by atoms with van der Waals surface area (Å²) < 4.78 is 6.58. The Morgan fingerprint density at radius 1 is 1.26 bits per heavy atom. The van der Waals surface area contributed by atoms with Gasteiger partial charge in [0.15, 0.2) is 0 Å². The number of hydrogen-bond donors (Lipinski definition) is 0. The van der Waals surface area contributed by atoms with Crippen LogP contribution in [0.25, 0.3) is 10.2 Å². The lowest BCUT2D eigenvalue weighted by molar-refractivity contribution is -0.137. The van der Waals surface area contributed by atoms with Crippen molar-refractivity contribution >= 4 is 27.5 Å². The Morgan fingerprint density at radius 2 is 2.09 bits per heavy atom. The Kier molecular flexibility index (Phi) is 4.29. The maximum atomic E-state index is 12.4. The van der Waals surface area contributed by atoms with Crippen LogP contribution in [0, 0.1) is 5.92 Å². The van der Waals surface area contributed by atoms with E-state index in [2.05, 4.69) is 23.1 Å². The van der Waals surface area contributed by atoms with Crippen LogP contribution in [0.4, 0.5) is 0 Å². The van der Waals surface area contributed by atoms with Gasteiger partial charge in [-0.25, -0.2) is 4.98 Å². The molecule has 1 aromatic heterocycles. The van der Waals surface area contributed by atoms with Crippen LogP contribution in [0.15, 0.2) is 24.3 Å². The van der Waals surface area contributed by atoms with Crippen LogP contribution in [0.1, 0.15) is 11.4 Å². The van der Waals surface area contributed by atoms with E-state index in [0.717, 1.165) is 56.3 Å². The third-order valence-electron chi connectivity index (χ3n) is 4.66. The summed E-state index contributed by atoms with van der Waals surface area (Å²) in [6, 6.07) is 8.27. The van der Waals surface area contributed by atoms with E-state index in [4.69, 9.17) is 9.72 Å². The molecule has 0 radical (unpaired) electrons. The first-order valence-corrected chi connectivity index (χ1v) is 9.04. The fourth-order valence-electron chi connectivity index (χ4n) is 3.29. The predicted molar refractivity (Wildman–Crippen MR) is 90.4 cm³/mol. The van der Waals surface area contributed by atoms with Gasteiger partial charge in [-0.15, -0.1) is 11.3 Å². The Morgan fingerprint density at radius 3 is 2.83 bits per heavy atom. The van der Waals surface area contributed by atoms with Crippen molar-refractivity contribution in [2.24, 2.45) is 5.92 Å². The molecule has 2 aliphatic rings. The normalized spacial score (nSPS) is 22.8. The van der Waals surface area contributed by atoms with Crippen LogP contribution in [0.5, 0.6) is 0 Å². The molecule has 2 aromatic rings. The zero-order valence-electron chi connectivity index (χ0n) is 13.1. The summed E-state index contributed by atoms with van der Waals surface area (Å²) in [6.45, 7) is 5.71. The minimum atomic E-state index is 0.0887. The average molecular weight is 331 g/mol. The molecule has 1 aromatic carbocycles. The second-order valence-electron chi connectivity index (χ2n) is 6.24. The minimum Gasteiger partial charge on any atom is -0.381 e. The molecular weight excluding hydrogens is 310 g/mol. The fourth-order valence-corrected chi connectivity index (χ4v) is 4.30. The number of thiazole rings is 1. The monoisotopic (exact) mass is 331 g/mol. The van der Waals surface area contributed by atoms with Gasteiger partial charge >= 0.3 is 0 Å². The van der Waals surface area contributed by atoms with Gasteiger partial charge in [-0.3, -0.25) is 9.69 Å². The molecule has 3 heterocycles. The van der Waals surface area contributed by atoms with E-state index < -0.39 is 0 Å².